The van der Waals surface area contributed by atoms with Gasteiger partial charge in [-0.15, -0.1) is 11.3 Å². The number of hydrogen-bond donors (Lipinski definition) is 1. The van der Waals surface area contributed by atoms with Crippen molar-refractivity contribution in [3.8, 4) is 5.88 Å². The van der Waals surface area contributed by atoms with E-state index in [1.807, 2.05) is 13.0 Å². The molecule has 0 spiro atoms. The zero-order valence-corrected chi connectivity index (χ0v) is 12.7. The molecule has 0 saturated carbocycles. The number of nitrogens with two attached hydrogens (primary N) is 1. The Morgan fingerprint density at radius 1 is 1.35 bits per heavy atom. The first kappa shape index (κ1) is 14.6. The van der Waals surface area contributed by atoms with Gasteiger partial charge in [0.1, 0.15) is 12.0 Å². The SMILES string of the molecule is CCCOc1ncnc(N(CC)Cc2cccs2)c1N. The second-order valence-electron chi connectivity index (χ2n) is 4.36. The topological polar surface area (TPSA) is 64.3 Å². The molecule has 2 heterocycles. The van der Waals surface area contributed by atoms with Crippen molar-refractivity contribution in [1.82, 2.24) is 9.97 Å². The van der Waals surface area contributed by atoms with E-state index in [9.17, 15) is 0 Å². The van der Waals surface area contributed by atoms with Crippen molar-refractivity contribution in [3.05, 3.63) is 28.7 Å². The van der Waals surface area contributed by atoms with Crippen LogP contribution in [-0.4, -0.2) is 23.1 Å². The molecule has 0 radical (unpaired) electrons. The molecule has 0 bridgehead atoms. The Labute approximate surface area is 123 Å². The fourth-order valence-electron chi connectivity index (χ4n) is 1.86. The largest absolute Gasteiger partial charge is 0.476 e. The highest BCUT2D eigenvalue weighted by molar-refractivity contribution is 7.09. The van der Waals surface area contributed by atoms with Crippen molar-refractivity contribution >= 4 is 22.8 Å². The molecule has 2 rings (SSSR count). The molecule has 2 aromatic heterocycles. The summed E-state index contributed by atoms with van der Waals surface area (Å²) in [5.41, 5.74) is 6.65. The highest BCUT2D eigenvalue weighted by Crippen LogP contribution is 2.29. The quantitative estimate of drug-likeness (QED) is 0.850. The number of nitrogen functional groups attached to an aromatic ring is 1. The Bertz CT molecular complexity index is 530. The summed E-state index contributed by atoms with van der Waals surface area (Å²) in [5.74, 6) is 1.21. The molecule has 0 saturated heterocycles. The molecule has 0 aromatic carbocycles. The summed E-state index contributed by atoms with van der Waals surface area (Å²) in [6.45, 7) is 6.36. The van der Waals surface area contributed by atoms with Gasteiger partial charge in [0, 0.05) is 11.4 Å². The van der Waals surface area contributed by atoms with E-state index >= 15 is 0 Å². The van der Waals surface area contributed by atoms with Gasteiger partial charge in [-0.05, 0) is 24.8 Å². The van der Waals surface area contributed by atoms with E-state index in [1.165, 1.54) is 11.2 Å². The van der Waals surface area contributed by atoms with Crippen molar-refractivity contribution in [1.29, 1.82) is 0 Å². The molecule has 2 aromatic rings. The first-order chi connectivity index (χ1) is 9.76. The highest BCUT2D eigenvalue weighted by atomic mass is 32.1. The fourth-order valence-corrected chi connectivity index (χ4v) is 2.58. The van der Waals surface area contributed by atoms with Crippen LogP contribution >= 0.6 is 11.3 Å². The first-order valence-corrected chi connectivity index (χ1v) is 7.64. The second kappa shape index (κ2) is 7.09. The molecule has 20 heavy (non-hydrogen) atoms. The minimum absolute atomic E-state index is 0.474. The van der Waals surface area contributed by atoms with Gasteiger partial charge in [0.2, 0.25) is 5.88 Å². The lowest BCUT2D eigenvalue weighted by molar-refractivity contribution is 0.306. The molecule has 0 aliphatic rings. The summed E-state index contributed by atoms with van der Waals surface area (Å²) < 4.78 is 5.56. The van der Waals surface area contributed by atoms with Crippen LogP contribution in [0, 0.1) is 0 Å². The Hall–Kier alpha value is -1.82. The standard InChI is InChI=1S/C14H20N4OS/c1-3-7-19-14-12(15)13(16-10-17-14)18(4-2)9-11-6-5-8-20-11/h5-6,8,10H,3-4,7,9,15H2,1-2H3. The third-order valence-electron chi connectivity index (χ3n) is 2.88. The molecular formula is C14H20N4OS. The summed E-state index contributed by atoms with van der Waals surface area (Å²) in [6, 6.07) is 4.16. The molecule has 108 valence electrons. The van der Waals surface area contributed by atoms with Gasteiger partial charge in [-0.1, -0.05) is 13.0 Å². The van der Waals surface area contributed by atoms with Crippen molar-refractivity contribution in [3.63, 3.8) is 0 Å². The zero-order valence-electron chi connectivity index (χ0n) is 11.9. The monoisotopic (exact) mass is 292 g/mol. The lowest BCUT2D eigenvalue weighted by Crippen LogP contribution is -2.24. The summed E-state index contributed by atoms with van der Waals surface area (Å²) in [6.07, 6.45) is 2.43. The number of anilines is 2. The molecule has 0 unspecified atom stereocenters. The summed E-state index contributed by atoms with van der Waals surface area (Å²) in [5, 5.41) is 2.07. The smallest absolute Gasteiger partial charge is 0.242 e. The average molecular weight is 292 g/mol. The van der Waals surface area contributed by atoms with Crippen LogP contribution in [-0.2, 0) is 6.54 Å². The average Bonchev–Trinajstić information content (AvgIpc) is 2.97. The maximum absolute atomic E-state index is 6.14. The van der Waals surface area contributed by atoms with E-state index in [4.69, 9.17) is 10.5 Å². The molecule has 0 aliphatic carbocycles. The molecule has 6 heteroatoms. The van der Waals surface area contributed by atoms with Crippen LogP contribution in [0.5, 0.6) is 5.88 Å². The van der Waals surface area contributed by atoms with Gasteiger partial charge in [0.05, 0.1) is 13.2 Å². The minimum atomic E-state index is 0.474. The molecule has 5 nitrogen and oxygen atoms in total. The van der Waals surface area contributed by atoms with Gasteiger partial charge < -0.3 is 15.4 Å². The lowest BCUT2D eigenvalue weighted by atomic mass is 10.3. The van der Waals surface area contributed by atoms with Gasteiger partial charge >= 0.3 is 0 Å². The number of ether oxygens (including phenoxy) is 1. The van der Waals surface area contributed by atoms with E-state index in [1.54, 1.807) is 11.3 Å². The second-order valence-corrected chi connectivity index (χ2v) is 5.39. The molecule has 0 amide bonds. The van der Waals surface area contributed by atoms with E-state index in [0.717, 1.165) is 25.3 Å². The Morgan fingerprint density at radius 3 is 2.85 bits per heavy atom. The van der Waals surface area contributed by atoms with E-state index in [2.05, 4.69) is 33.2 Å². The predicted octanol–water partition coefficient (Wildman–Crippen LogP) is 2.94. The zero-order chi connectivity index (χ0) is 14.4. The first-order valence-electron chi connectivity index (χ1n) is 6.76. The van der Waals surface area contributed by atoms with E-state index in [0.29, 0.717) is 18.2 Å². The van der Waals surface area contributed by atoms with Crippen LogP contribution in [0.2, 0.25) is 0 Å². The van der Waals surface area contributed by atoms with Gasteiger partial charge in [0.25, 0.3) is 0 Å². The van der Waals surface area contributed by atoms with Crippen LogP contribution in [0.25, 0.3) is 0 Å². The van der Waals surface area contributed by atoms with Crippen molar-refractivity contribution < 1.29 is 4.74 Å². The Morgan fingerprint density at radius 2 is 2.20 bits per heavy atom. The Kier molecular flexibility index (Phi) is 5.17. The normalized spacial score (nSPS) is 10.5. The van der Waals surface area contributed by atoms with Gasteiger partial charge in [-0.3, -0.25) is 0 Å². The van der Waals surface area contributed by atoms with E-state index < -0.39 is 0 Å². The highest BCUT2D eigenvalue weighted by Gasteiger charge is 2.15. The summed E-state index contributed by atoms with van der Waals surface area (Å²) in [4.78, 5) is 11.8. The van der Waals surface area contributed by atoms with Crippen LogP contribution in [0.4, 0.5) is 11.5 Å². The van der Waals surface area contributed by atoms with Crippen LogP contribution in [0.3, 0.4) is 0 Å². The third kappa shape index (κ3) is 3.39. The van der Waals surface area contributed by atoms with Crippen molar-refractivity contribution in [2.24, 2.45) is 0 Å². The van der Waals surface area contributed by atoms with Gasteiger partial charge in [-0.2, -0.15) is 4.98 Å². The number of hydrogen-bond acceptors (Lipinski definition) is 6. The molecular weight excluding hydrogens is 272 g/mol. The predicted molar refractivity (Wildman–Crippen MR) is 83.3 cm³/mol. The van der Waals surface area contributed by atoms with Crippen LogP contribution in [0.15, 0.2) is 23.8 Å². The fraction of sp³-hybridized carbons (Fsp3) is 0.429. The molecule has 0 atom stereocenters. The third-order valence-corrected chi connectivity index (χ3v) is 3.74. The van der Waals surface area contributed by atoms with Crippen molar-refractivity contribution in [2.75, 3.05) is 23.8 Å². The lowest BCUT2D eigenvalue weighted by Gasteiger charge is -2.23. The minimum Gasteiger partial charge on any atom is -0.476 e. The molecule has 0 aliphatic heterocycles. The molecule has 0 fully saturated rings. The van der Waals surface area contributed by atoms with Gasteiger partial charge in [-0.25, -0.2) is 4.98 Å². The van der Waals surface area contributed by atoms with Crippen LogP contribution in [0.1, 0.15) is 25.1 Å². The van der Waals surface area contributed by atoms with E-state index in [-0.39, 0.29) is 0 Å². The van der Waals surface area contributed by atoms with Gasteiger partial charge in [0.15, 0.2) is 5.82 Å². The number of nitrogens with zero attached hydrogens (tertiary/aromatic N) is 3. The van der Waals surface area contributed by atoms with Crippen molar-refractivity contribution in [2.45, 2.75) is 26.8 Å². The Balaban J connectivity index is 2.20. The number of rotatable bonds is 7. The number of aromatic nitrogens is 2. The molecule has 2 N–H and O–H groups in total. The summed E-state index contributed by atoms with van der Waals surface area (Å²) in [7, 11) is 0. The number of thiophene rings is 1. The van der Waals surface area contributed by atoms with Crippen LogP contribution < -0.4 is 15.4 Å². The summed E-state index contributed by atoms with van der Waals surface area (Å²) >= 11 is 1.73. The maximum Gasteiger partial charge on any atom is 0.242 e. The maximum atomic E-state index is 6.14.